The highest BCUT2D eigenvalue weighted by Crippen LogP contribution is 2.30. The number of carbonyl (C=O) groups excluding carboxylic acids is 1. The molecule has 3 aromatic rings. The highest BCUT2D eigenvalue weighted by molar-refractivity contribution is 6.32. The number of imidazole rings is 1. The monoisotopic (exact) mass is 492 g/mol. The largest absolute Gasteiger partial charge is 0.471 e. The molecule has 4 rings (SSSR count). The van der Waals surface area contributed by atoms with E-state index < -0.39 is 18.9 Å². The quantitative estimate of drug-likeness (QED) is 0.450. The van der Waals surface area contributed by atoms with Crippen molar-refractivity contribution in [2.75, 3.05) is 11.9 Å². The Morgan fingerprint density at radius 3 is 2.71 bits per heavy atom. The van der Waals surface area contributed by atoms with Crippen LogP contribution in [-0.2, 0) is 7.05 Å². The normalized spacial score (nSPS) is 18.3. The number of fused-ring (bicyclic) bond motifs is 1. The van der Waals surface area contributed by atoms with Crippen LogP contribution in [0.4, 0.5) is 20.4 Å². The maximum absolute atomic E-state index is 13.1. The second kappa shape index (κ2) is 10.1. The molecule has 0 radical (unpaired) electrons. The summed E-state index contributed by atoms with van der Waals surface area (Å²) in [6, 6.07) is 3.35. The standard InChI is InChI=1S/C23H27ClF2N6O2/c1-12-4-6-14(7-5-12)28-21(33)15-10-16-20(31-22(15)34-11-17(25)26)32(3)23(29-16)30-18-13(2)8-9-27-19(18)24/h8-10,12,14,17H,4-7,11H2,1-3H3,(H,28,33)(H,29,30)/t12-,14-. The van der Waals surface area contributed by atoms with Gasteiger partial charge in [-0.25, -0.2) is 18.7 Å². The van der Waals surface area contributed by atoms with Crippen LogP contribution in [0.1, 0.15) is 48.5 Å². The number of ether oxygens (including phenoxy) is 1. The first kappa shape index (κ1) is 24.1. The zero-order valence-electron chi connectivity index (χ0n) is 19.2. The third-order valence-corrected chi connectivity index (χ3v) is 6.39. The van der Waals surface area contributed by atoms with Gasteiger partial charge in [-0.05, 0) is 56.2 Å². The number of nitrogens with zero attached hydrogens (tertiary/aromatic N) is 4. The summed E-state index contributed by atoms with van der Waals surface area (Å²) in [6.07, 6.45) is 2.71. The summed E-state index contributed by atoms with van der Waals surface area (Å²) in [5.41, 5.74) is 2.30. The molecule has 182 valence electrons. The Bertz CT molecular complexity index is 1170. The van der Waals surface area contributed by atoms with Crippen LogP contribution >= 0.6 is 11.6 Å². The Kier molecular flexibility index (Phi) is 7.16. The first-order valence-corrected chi connectivity index (χ1v) is 11.6. The molecule has 0 bridgehead atoms. The van der Waals surface area contributed by atoms with Gasteiger partial charge in [0.15, 0.2) is 17.4 Å². The van der Waals surface area contributed by atoms with Gasteiger partial charge in [-0.3, -0.25) is 9.36 Å². The summed E-state index contributed by atoms with van der Waals surface area (Å²) < 4.78 is 32.6. The van der Waals surface area contributed by atoms with Crippen LogP contribution in [0.25, 0.3) is 11.2 Å². The number of anilines is 2. The number of amides is 1. The predicted octanol–water partition coefficient (Wildman–Crippen LogP) is 5.02. The van der Waals surface area contributed by atoms with E-state index in [1.54, 1.807) is 23.9 Å². The average molecular weight is 493 g/mol. The SMILES string of the molecule is Cc1ccnc(Cl)c1Nc1nc2cc(C(=O)N[C@H]3CC[C@H](C)CC3)c(OCC(F)F)nc2n1C. The molecule has 3 aromatic heterocycles. The van der Waals surface area contributed by atoms with E-state index in [0.29, 0.717) is 28.7 Å². The number of aryl methyl sites for hydroxylation is 2. The number of carbonyl (C=O) groups is 1. The van der Waals surface area contributed by atoms with Crippen molar-refractivity contribution in [3.05, 3.63) is 34.6 Å². The van der Waals surface area contributed by atoms with Crippen LogP contribution in [-0.4, -0.2) is 44.5 Å². The highest BCUT2D eigenvalue weighted by atomic mass is 35.5. The molecule has 8 nitrogen and oxygen atoms in total. The van der Waals surface area contributed by atoms with Gasteiger partial charge in [0.25, 0.3) is 12.3 Å². The lowest BCUT2D eigenvalue weighted by atomic mass is 9.87. The Labute approximate surface area is 201 Å². The van der Waals surface area contributed by atoms with Crippen molar-refractivity contribution in [2.24, 2.45) is 13.0 Å². The van der Waals surface area contributed by atoms with Crippen LogP contribution in [0.5, 0.6) is 5.88 Å². The molecule has 1 amide bonds. The first-order chi connectivity index (χ1) is 16.2. The van der Waals surface area contributed by atoms with Crippen molar-refractivity contribution in [3.63, 3.8) is 0 Å². The fourth-order valence-corrected chi connectivity index (χ4v) is 4.33. The Balaban J connectivity index is 1.68. The Hall–Kier alpha value is -3.01. The van der Waals surface area contributed by atoms with Crippen LogP contribution < -0.4 is 15.4 Å². The minimum Gasteiger partial charge on any atom is -0.471 e. The number of rotatable bonds is 7. The molecule has 1 saturated carbocycles. The van der Waals surface area contributed by atoms with Crippen molar-refractivity contribution in [2.45, 2.75) is 52.0 Å². The lowest BCUT2D eigenvalue weighted by Crippen LogP contribution is -2.37. The van der Waals surface area contributed by atoms with Gasteiger partial charge in [0.1, 0.15) is 11.1 Å². The van der Waals surface area contributed by atoms with E-state index in [9.17, 15) is 13.6 Å². The van der Waals surface area contributed by atoms with E-state index in [1.807, 2.05) is 6.92 Å². The van der Waals surface area contributed by atoms with E-state index >= 15 is 0 Å². The summed E-state index contributed by atoms with van der Waals surface area (Å²) >= 11 is 6.22. The summed E-state index contributed by atoms with van der Waals surface area (Å²) in [5.74, 6) is 0.468. The van der Waals surface area contributed by atoms with E-state index in [-0.39, 0.29) is 22.6 Å². The van der Waals surface area contributed by atoms with Gasteiger partial charge < -0.3 is 15.4 Å². The van der Waals surface area contributed by atoms with Crippen LogP contribution in [0.15, 0.2) is 18.3 Å². The molecule has 2 N–H and O–H groups in total. The number of pyridine rings is 2. The second-order valence-corrected chi connectivity index (χ2v) is 9.09. The number of halogens is 3. The lowest BCUT2D eigenvalue weighted by molar-refractivity contribution is 0.0770. The summed E-state index contributed by atoms with van der Waals surface area (Å²) in [7, 11) is 1.71. The first-order valence-electron chi connectivity index (χ1n) is 11.2. The molecule has 0 unspecified atom stereocenters. The molecule has 0 saturated heterocycles. The van der Waals surface area contributed by atoms with Crippen molar-refractivity contribution in [1.82, 2.24) is 24.8 Å². The third kappa shape index (κ3) is 5.22. The predicted molar refractivity (Wildman–Crippen MR) is 126 cm³/mol. The van der Waals surface area contributed by atoms with Crippen molar-refractivity contribution in [3.8, 4) is 5.88 Å². The topological polar surface area (TPSA) is 94.0 Å². The minimum absolute atomic E-state index is 0.0269. The molecule has 1 aliphatic carbocycles. The highest BCUT2D eigenvalue weighted by Gasteiger charge is 2.25. The molecule has 0 atom stereocenters. The van der Waals surface area contributed by atoms with Crippen LogP contribution in [0, 0.1) is 12.8 Å². The molecule has 1 fully saturated rings. The number of nitrogens with one attached hydrogen (secondary N) is 2. The molecule has 11 heteroatoms. The molecule has 0 aromatic carbocycles. The second-order valence-electron chi connectivity index (χ2n) is 8.73. The number of alkyl halides is 2. The summed E-state index contributed by atoms with van der Waals surface area (Å²) in [5, 5.41) is 6.43. The molecule has 34 heavy (non-hydrogen) atoms. The van der Waals surface area contributed by atoms with Crippen molar-refractivity contribution >= 4 is 40.3 Å². The van der Waals surface area contributed by atoms with E-state index in [0.717, 1.165) is 31.2 Å². The van der Waals surface area contributed by atoms with Gasteiger partial charge >= 0.3 is 0 Å². The van der Waals surface area contributed by atoms with Gasteiger partial charge in [-0.15, -0.1) is 0 Å². The molecule has 0 spiro atoms. The molecule has 3 heterocycles. The zero-order valence-corrected chi connectivity index (χ0v) is 20.0. The molecular formula is C23H27ClF2N6O2. The van der Waals surface area contributed by atoms with E-state index in [4.69, 9.17) is 16.3 Å². The molecule has 0 aliphatic heterocycles. The van der Waals surface area contributed by atoms with E-state index in [1.165, 1.54) is 6.07 Å². The van der Waals surface area contributed by atoms with Crippen LogP contribution in [0.2, 0.25) is 5.15 Å². The fraction of sp³-hybridized carbons (Fsp3) is 0.478. The minimum atomic E-state index is -2.70. The molecular weight excluding hydrogens is 466 g/mol. The van der Waals surface area contributed by atoms with E-state index in [2.05, 4.69) is 32.5 Å². The van der Waals surface area contributed by atoms with Gasteiger partial charge in [0.05, 0.1) is 5.69 Å². The number of hydrogen-bond donors (Lipinski definition) is 2. The fourth-order valence-electron chi connectivity index (χ4n) is 4.08. The van der Waals surface area contributed by atoms with Gasteiger partial charge in [-0.2, -0.15) is 4.98 Å². The maximum atomic E-state index is 13.1. The smallest absolute Gasteiger partial charge is 0.272 e. The van der Waals surface area contributed by atoms with Crippen LogP contribution in [0.3, 0.4) is 0 Å². The van der Waals surface area contributed by atoms with Crippen molar-refractivity contribution < 1.29 is 18.3 Å². The van der Waals surface area contributed by atoms with Crippen molar-refractivity contribution in [1.29, 1.82) is 0 Å². The Morgan fingerprint density at radius 2 is 2.03 bits per heavy atom. The zero-order chi connectivity index (χ0) is 24.4. The summed E-state index contributed by atoms with van der Waals surface area (Å²) in [6.45, 7) is 3.20. The Morgan fingerprint density at radius 1 is 1.29 bits per heavy atom. The third-order valence-electron chi connectivity index (χ3n) is 6.10. The number of hydrogen-bond acceptors (Lipinski definition) is 6. The summed E-state index contributed by atoms with van der Waals surface area (Å²) in [4.78, 5) is 26.1. The van der Waals surface area contributed by atoms with Gasteiger partial charge in [0.2, 0.25) is 11.8 Å². The van der Waals surface area contributed by atoms with Gasteiger partial charge in [0, 0.05) is 19.3 Å². The lowest BCUT2D eigenvalue weighted by Gasteiger charge is -2.27. The maximum Gasteiger partial charge on any atom is 0.272 e. The van der Waals surface area contributed by atoms with Gasteiger partial charge in [-0.1, -0.05) is 18.5 Å². The number of aromatic nitrogens is 4. The molecule has 1 aliphatic rings. The average Bonchev–Trinajstić information content (AvgIpc) is 3.10.